The van der Waals surface area contributed by atoms with Gasteiger partial charge in [-0.2, -0.15) is 15.0 Å². The van der Waals surface area contributed by atoms with Crippen molar-refractivity contribution in [1.29, 1.82) is 0 Å². The summed E-state index contributed by atoms with van der Waals surface area (Å²) >= 11 is 5.89. The summed E-state index contributed by atoms with van der Waals surface area (Å²) < 4.78 is 0. The number of hydrogen-bond donors (Lipinski definition) is 2. The van der Waals surface area contributed by atoms with E-state index in [1.165, 1.54) is 0 Å². The minimum absolute atomic E-state index is 0.0101. The molecule has 0 fully saturated rings. The smallest absolute Gasteiger partial charge is 0.231 e. The van der Waals surface area contributed by atoms with Crippen LogP contribution in [-0.4, -0.2) is 47.0 Å². The molecule has 0 saturated carbocycles. The van der Waals surface area contributed by atoms with Crippen LogP contribution in [0.1, 0.15) is 27.2 Å². The number of nitrogens with one attached hydrogen (secondary N) is 2. The fraction of sp³-hybridized carbons (Fsp3) is 0.667. The Labute approximate surface area is 124 Å². The number of amides is 1. The molecule has 0 aromatic carbocycles. The Bertz CT molecular complexity index is 438. The standard InChI is InChI=1S/C12H21ClN6O/c1-4-14-9(20)7-8-15-11-16-10(13)17-12(18-11)19(5-2)6-3/h4-8H2,1-3H3,(H,14,20)(H,15,16,17,18). The molecule has 20 heavy (non-hydrogen) atoms. The first-order valence-electron chi connectivity index (χ1n) is 6.77. The molecule has 2 N–H and O–H groups in total. The molecule has 1 aromatic rings. The highest BCUT2D eigenvalue weighted by atomic mass is 35.5. The predicted octanol–water partition coefficient (Wildman–Crippen LogP) is 1.31. The number of halogens is 1. The largest absolute Gasteiger partial charge is 0.356 e. The van der Waals surface area contributed by atoms with Gasteiger partial charge in [-0.1, -0.05) is 0 Å². The average molecular weight is 301 g/mol. The highest BCUT2D eigenvalue weighted by Crippen LogP contribution is 2.13. The Kier molecular flexibility index (Phi) is 7.00. The second-order valence-electron chi connectivity index (χ2n) is 4.03. The summed E-state index contributed by atoms with van der Waals surface area (Å²) in [6, 6.07) is 0. The second-order valence-corrected chi connectivity index (χ2v) is 4.37. The van der Waals surface area contributed by atoms with Gasteiger partial charge in [-0.3, -0.25) is 4.79 Å². The summed E-state index contributed by atoms with van der Waals surface area (Å²) in [6.07, 6.45) is 0.359. The zero-order valence-corrected chi connectivity index (χ0v) is 12.9. The number of carbonyl (C=O) groups excluding carboxylic acids is 1. The molecule has 112 valence electrons. The van der Waals surface area contributed by atoms with Gasteiger partial charge in [0.1, 0.15) is 0 Å². The van der Waals surface area contributed by atoms with Crippen LogP contribution in [-0.2, 0) is 4.79 Å². The van der Waals surface area contributed by atoms with Crippen LogP contribution in [0, 0.1) is 0 Å². The lowest BCUT2D eigenvalue weighted by Gasteiger charge is -2.18. The third-order valence-corrected chi connectivity index (χ3v) is 2.82. The predicted molar refractivity (Wildman–Crippen MR) is 80.2 cm³/mol. The average Bonchev–Trinajstić information content (AvgIpc) is 2.40. The lowest BCUT2D eigenvalue weighted by Crippen LogP contribution is -2.26. The number of nitrogens with zero attached hydrogens (tertiary/aromatic N) is 4. The molecule has 0 bridgehead atoms. The lowest BCUT2D eigenvalue weighted by atomic mass is 10.4. The van der Waals surface area contributed by atoms with Gasteiger partial charge in [0.05, 0.1) is 0 Å². The van der Waals surface area contributed by atoms with Crippen molar-refractivity contribution >= 4 is 29.4 Å². The molecule has 1 heterocycles. The minimum atomic E-state index is -0.0101. The zero-order valence-electron chi connectivity index (χ0n) is 12.1. The fourth-order valence-corrected chi connectivity index (χ4v) is 1.80. The topological polar surface area (TPSA) is 83.0 Å². The maximum atomic E-state index is 11.3. The van der Waals surface area contributed by atoms with E-state index < -0.39 is 0 Å². The van der Waals surface area contributed by atoms with Crippen molar-refractivity contribution in [3.05, 3.63) is 5.28 Å². The number of aromatic nitrogens is 3. The van der Waals surface area contributed by atoms with Crippen LogP contribution < -0.4 is 15.5 Å². The van der Waals surface area contributed by atoms with E-state index >= 15 is 0 Å². The monoisotopic (exact) mass is 300 g/mol. The Morgan fingerprint density at radius 3 is 2.50 bits per heavy atom. The first kappa shape index (κ1) is 16.4. The Morgan fingerprint density at radius 1 is 1.20 bits per heavy atom. The molecule has 7 nitrogen and oxygen atoms in total. The van der Waals surface area contributed by atoms with E-state index in [1.807, 2.05) is 25.7 Å². The maximum Gasteiger partial charge on any atom is 0.231 e. The van der Waals surface area contributed by atoms with Crippen molar-refractivity contribution in [2.24, 2.45) is 0 Å². The normalized spacial score (nSPS) is 10.2. The first-order valence-corrected chi connectivity index (χ1v) is 7.15. The van der Waals surface area contributed by atoms with Gasteiger partial charge in [0.25, 0.3) is 0 Å². The van der Waals surface area contributed by atoms with Gasteiger partial charge >= 0.3 is 0 Å². The van der Waals surface area contributed by atoms with Crippen molar-refractivity contribution in [2.75, 3.05) is 36.4 Å². The van der Waals surface area contributed by atoms with Crippen molar-refractivity contribution in [2.45, 2.75) is 27.2 Å². The van der Waals surface area contributed by atoms with Gasteiger partial charge in [0.15, 0.2) is 0 Å². The Morgan fingerprint density at radius 2 is 1.90 bits per heavy atom. The van der Waals surface area contributed by atoms with Crippen LogP contribution in [0.25, 0.3) is 0 Å². The van der Waals surface area contributed by atoms with Crippen LogP contribution >= 0.6 is 11.6 Å². The van der Waals surface area contributed by atoms with E-state index in [9.17, 15) is 4.79 Å². The first-order chi connectivity index (χ1) is 9.60. The van der Waals surface area contributed by atoms with Crippen LogP contribution in [0.5, 0.6) is 0 Å². The van der Waals surface area contributed by atoms with Gasteiger partial charge in [-0.15, -0.1) is 0 Å². The summed E-state index contributed by atoms with van der Waals surface area (Å²) in [6.45, 7) is 8.57. The van der Waals surface area contributed by atoms with E-state index in [4.69, 9.17) is 11.6 Å². The van der Waals surface area contributed by atoms with Gasteiger partial charge in [0.2, 0.25) is 23.1 Å². The molecule has 1 rings (SSSR count). The molecule has 0 spiro atoms. The van der Waals surface area contributed by atoms with Crippen LogP contribution in [0.3, 0.4) is 0 Å². The molecule has 0 saturated heterocycles. The fourth-order valence-electron chi connectivity index (χ4n) is 1.64. The summed E-state index contributed by atoms with van der Waals surface area (Å²) in [5.74, 6) is 0.913. The van der Waals surface area contributed by atoms with Crippen LogP contribution in [0.2, 0.25) is 5.28 Å². The molecule has 0 aliphatic heterocycles. The quantitative estimate of drug-likeness (QED) is 0.753. The summed E-state index contributed by atoms with van der Waals surface area (Å²) in [5.41, 5.74) is 0. The molecule has 0 atom stereocenters. The highest BCUT2D eigenvalue weighted by molar-refractivity contribution is 6.28. The second kappa shape index (κ2) is 8.52. The Hall–Kier alpha value is -1.63. The van der Waals surface area contributed by atoms with Crippen LogP contribution in [0.4, 0.5) is 11.9 Å². The van der Waals surface area contributed by atoms with Gasteiger partial charge in [-0.25, -0.2) is 0 Å². The third-order valence-electron chi connectivity index (χ3n) is 2.65. The molecular formula is C12H21ClN6O. The van der Waals surface area contributed by atoms with E-state index in [2.05, 4.69) is 25.6 Å². The number of rotatable bonds is 8. The van der Waals surface area contributed by atoms with Gasteiger partial charge < -0.3 is 15.5 Å². The maximum absolute atomic E-state index is 11.3. The third kappa shape index (κ3) is 5.16. The molecule has 0 unspecified atom stereocenters. The van der Waals surface area contributed by atoms with E-state index in [0.717, 1.165) is 13.1 Å². The van der Waals surface area contributed by atoms with Gasteiger partial charge in [0, 0.05) is 32.6 Å². The minimum Gasteiger partial charge on any atom is -0.356 e. The molecule has 0 aliphatic rings. The molecular weight excluding hydrogens is 280 g/mol. The number of hydrogen-bond acceptors (Lipinski definition) is 6. The van der Waals surface area contributed by atoms with E-state index in [0.29, 0.717) is 31.4 Å². The molecule has 8 heteroatoms. The van der Waals surface area contributed by atoms with Crippen molar-refractivity contribution in [3.63, 3.8) is 0 Å². The SMILES string of the molecule is CCNC(=O)CCNc1nc(Cl)nc(N(CC)CC)n1. The van der Waals surface area contributed by atoms with Gasteiger partial charge in [-0.05, 0) is 32.4 Å². The molecule has 0 radical (unpaired) electrons. The number of anilines is 2. The highest BCUT2D eigenvalue weighted by Gasteiger charge is 2.10. The van der Waals surface area contributed by atoms with Crippen molar-refractivity contribution in [3.8, 4) is 0 Å². The molecule has 1 aromatic heterocycles. The molecule has 1 amide bonds. The van der Waals surface area contributed by atoms with Crippen molar-refractivity contribution in [1.82, 2.24) is 20.3 Å². The van der Waals surface area contributed by atoms with E-state index in [1.54, 1.807) is 0 Å². The van der Waals surface area contributed by atoms with Crippen molar-refractivity contribution < 1.29 is 4.79 Å². The zero-order chi connectivity index (χ0) is 15.0. The van der Waals surface area contributed by atoms with Crippen LogP contribution in [0.15, 0.2) is 0 Å². The number of carbonyl (C=O) groups is 1. The summed E-state index contributed by atoms with van der Waals surface area (Å²) in [7, 11) is 0. The summed E-state index contributed by atoms with van der Waals surface area (Å²) in [5, 5.41) is 5.85. The lowest BCUT2D eigenvalue weighted by molar-refractivity contribution is -0.120. The van der Waals surface area contributed by atoms with E-state index in [-0.39, 0.29) is 11.2 Å². The summed E-state index contributed by atoms with van der Waals surface area (Å²) in [4.78, 5) is 25.7. The Balaban J connectivity index is 2.64. The molecule has 0 aliphatic carbocycles.